The predicted molar refractivity (Wildman–Crippen MR) is 87.3 cm³/mol. The molecule has 0 radical (unpaired) electrons. The molecule has 1 saturated carbocycles. The van der Waals surface area contributed by atoms with Crippen molar-refractivity contribution in [2.45, 2.75) is 45.6 Å². The third-order valence-electron chi connectivity index (χ3n) is 4.22. The van der Waals surface area contributed by atoms with Crippen LogP contribution >= 0.6 is 0 Å². The first-order valence-corrected chi connectivity index (χ1v) is 8.06. The second-order valence-corrected chi connectivity index (χ2v) is 5.84. The summed E-state index contributed by atoms with van der Waals surface area (Å²) in [6.07, 6.45) is 4.14. The van der Waals surface area contributed by atoms with Crippen LogP contribution in [0.15, 0.2) is 18.2 Å². The van der Waals surface area contributed by atoms with Gasteiger partial charge in [-0.15, -0.1) is 0 Å². The van der Waals surface area contributed by atoms with Gasteiger partial charge in [-0.25, -0.2) is 4.79 Å². The Kier molecular flexibility index (Phi) is 6.07. The van der Waals surface area contributed by atoms with Crippen molar-refractivity contribution in [3.63, 3.8) is 0 Å². The normalized spacial score (nSPS) is 21.2. The van der Waals surface area contributed by atoms with Crippen molar-refractivity contribution in [2.24, 2.45) is 5.92 Å². The van der Waals surface area contributed by atoms with E-state index in [1.807, 2.05) is 32.0 Å². The Bertz CT molecular complexity index is 505. The number of hydrogen-bond acceptors (Lipinski definition) is 3. The SMILES string of the molecule is CCOc1ccc(NC(=O)N[C@H]2CCCC[C@@H]2CO)c(C)c1. The number of urea groups is 1. The largest absolute Gasteiger partial charge is 0.494 e. The molecule has 5 heteroatoms. The monoisotopic (exact) mass is 306 g/mol. The van der Waals surface area contributed by atoms with E-state index in [2.05, 4.69) is 10.6 Å². The molecule has 0 spiro atoms. The minimum Gasteiger partial charge on any atom is -0.494 e. The Morgan fingerprint density at radius 1 is 1.36 bits per heavy atom. The van der Waals surface area contributed by atoms with Crippen molar-refractivity contribution < 1.29 is 14.6 Å². The maximum absolute atomic E-state index is 12.2. The van der Waals surface area contributed by atoms with Crippen LogP contribution in [0.4, 0.5) is 10.5 Å². The molecular formula is C17H26N2O3. The average Bonchev–Trinajstić information content (AvgIpc) is 2.51. The van der Waals surface area contributed by atoms with Crippen LogP contribution < -0.4 is 15.4 Å². The number of aliphatic hydroxyl groups is 1. The van der Waals surface area contributed by atoms with Crippen LogP contribution in [0.2, 0.25) is 0 Å². The molecule has 0 saturated heterocycles. The first-order chi connectivity index (χ1) is 10.6. The van der Waals surface area contributed by atoms with E-state index in [0.717, 1.165) is 42.7 Å². The molecule has 0 unspecified atom stereocenters. The number of aryl methyl sites for hydroxylation is 1. The van der Waals surface area contributed by atoms with Crippen molar-refractivity contribution >= 4 is 11.7 Å². The zero-order valence-corrected chi connectivity index (χ0v) is 13.4. The molecule has 2 amide bonds. The van der Waals surface area contributed by atoms with Crippen molar-refractivity contribution in [3.8, 4) is 5.75 Å². The molecule has 1 aliphatic rings. The van der Waals surface area contributed by atoms with E-state index in [9.17, 15) is 9.90 Å². The topological polar surface area (TPSA) is 70.6 Å². The molecule has 1 aromatic rings. The highest BCUT2D eigenvalue weighted by Crippen LogP contribution is 2.25. The summed E-state index contributed by atoms with van der Waals surface area (Å²) in [5.41, 5.74) is 1.74. The van der Waals surface area contributed by atoms with Crippen molar-refractivity contribution in [1.29, 1.82) is 0 Å². The van der Waals surface area contributed by atoms with Gasteiger partial charge in [0.15, 0.2) is 0 Å². The molecule has 2 atom stereocenters. The van der Waals surface area contributed by atoms with Gasteiger partial charge in [0.25, 0.3) is 0 Å². The number of carbonyl (C=O) groups is 1. The summed E-state index contributed by atoms with van der Waals surface area (Å²) < 4.78 is 5.44. The molecular weight excluding hydrogens is 280 g/mol. The molecule has 0 aliphatic heterocycles. The highest BCUT2D eigenvalue weighted by atomic mass is 16.5. The molecule has 3 N–H and O–H groups in total. The zero-order valence-electron chi connectivity index (χ0n) is 13.4. The number of benzene rings is 1. The third kappa shape index (κ3) is 4.37. The van der Waals surface area contributed by atoms with Gasteiger partial charge in [-0.2, -0.15) is 0 Å². The number of amides is 2. The highest BCUT2D eigenvalue weighted by Gasteiger charge is 2.25. The first kappa shape index (κ1) is 16.6. The van der Waals surface area contributed by atoms with E-state index in [-0.39, 0.29) is 24.6 Å². The van der Waals surface area contributed by atoms with E-state index < -0.39 is 0 Å². The maximum atomic E-state index is 12.2. The zero-order chi connectivity index (χ0) is 15.9. The minimum absolute atomic E-state index is 0.0572. The van der Waals surface area contributed by atoms with Gasteiger partial charge in [-0.3, -0.25) is 0 Å². The van der Waals surface area contributed by atoms with Gasteiger partial charge in [-0.05, 0) is 50.5 Å². The number of rotatable bonds is 5. The van der Waals surface area contributed by atoms with Crippen molar-refractivity contribution in [3.05, 3.63) is 23.8 Å². The van der Waals surface area contributed by atoms with E-state index >= 15 is 0 Å². The summed E-state index contributed by atoms with van der Waals surface area (Å²) in [5.74, 6) is 0.972. The predicted octanol–water partition coefficient (Wildman–Crippen LogP) is 3.07. The summed E-state index contributed by atoms with van der Waals surface area (Å²) in [6, 6.07) is 5.46. The molecule has 22 heavy (non-hydrogen) atoms. The average molecular weight is 306 g/mol. The van der Waals surface area contributed by atoms with Gasteiger partial charge in [0.1, 0.15) is 5.75 Å². The van der Waals surface area contributed by atoms with Crippen molar-refractivity contribution in [1.82, 2.24) is 5.32 Å². The molecule has 0 aromatic heterocycles. The number of aliphatic hydroxyl groups excluding tert-OH is 1. The van der Waals surface area contributed by atoms with E-state index in [0.29, 0.717) is 6.61 Å². The summed E-state index contributed by atoms with van der Waals surface area (Å²) in [5, 5.41) is 15.3. The molecule has 1 aromatic carbocycles. The fourth-order valence-corrected chi connectivity index (χ4v) is 2.98. The van der Waals surface area contributed by atoms with Crippen LogP contribution in [-0.2, 0) is 0 Å². The minimum atomic E-state index is -0.211. The molecule has 0 bridgehead atoms. The number of anilines is 1. The molecule has 1 aliphatic carbocycles. The fraction of sp³-hybridized carbons (Fsp3) is 0.588. The Morgan fingerprint density at radius 3 is 2.82 bits per heavy atom. The smallest absolute Gasteiger partial charge is 0.319 e. The van der Waals surface area contributed by atoms with Gasteiger partial charge in [0.2, 0.25) is 0 Å². The van der Waals surface area contributed by atoms with Gasteiger partial charge < -0.3 is 20.5 Å². The maximum Gasteiger partial charge on any atom is 0.319 e. The summed E-state index contributed by atoms with van der Waals surface area (Å²) in [4.78, 5) is 12.2. The number of nitrogens with one attached hydrogen (secondary N) is 2. The lowest BCUT2D eigenvalue weighted by molar-refractivity contribution is 0.156. The van der Waals surface area contributed by atoms with Crippen molar-refractivity contribution in [2.75, 3.05) is 18.5 Å². The van der Waals surface area contributed by atoms with Crippen LogP contribution in [0.1, 0.15) is 38.2 Å². The van der Waals surface area contributed by atoms with E-state index in [1.54, 1.807) is 0 Å². The fourth-order valence-electron chi connectivity index (χ4n) is 2.98. The molecule has 2 rings (SSSR count). The number of hydrogen-bond donors (Lipinski definition) is 3. The van der Waals surface area contributed by atoms with Crippen LogP contribution in [0.5, 0.6) is 5.75 Å². The van der Waals surface area contributed by atoms with Crippen LogP contribution in [0.3, 0.4) is 0 Å². The molecule has 1 fully saturated rings. The molecule has 0 heterocycles. The Labute approximate surface area is 132 Å². The van der Waals surface area contributed by atoms with E-state index in [4.69, 9.17) is 4.74 Å². The lowest BCUT2D eigenvalue weighted by atomic mass is 9.85. The highest BCUT2D eigenvalue weighted by molar-refractivity contribution is 5.90. The molecule has 122 valence electrons. The second-order valence-electron chi connectivity index (χ2n) is 5.84. The van der Waals surface area contributed by atoms with Gasteiger partial charge >= 0.3 is 6.03 Å². The first-order valence-electron chi connectivity index (χ1n) is 8.06. The summed E-state index contributed by atoms with van der Waals surface area (Å²) >= 11 is 0. The quantitative estimate of drug-likeness (QED) is 0.783. The summed E-state index contributed by atoms with van der Waals surface area (Å²) in [7, 11) is 0. The third-order valence-corrected chi connectivity index (χ3v) is 4.22. The Balaban J connectivity index is 1.93. The summed E-state index contributed by atoms with van der Waals surface area (Å²) in [6.45, 7) is 4.63. The lowest BCUT2D eigenvalue weighted by Gasteiger charge is -2.30. The number of ether oxygens (including phenoxy) is 1. The Hall–Kier alpha value is -1.75. The second kappa shape index (κ2) is 8.03. The number of carbonyl (C=O) groups excluding carboxylic acids is 1. The van der Waals surface area contributed by atoms with Gasteiger partial charge in [0.05, 0.1) is 6.61 Å². The Morgan fingerprint density at radius 2 is 2.14 bits per heavy atom. The van der Waals surface area contributed by atoms with Gasteiger partial charge in [0, 0.05) is 24.3 Å². The standard InChI is InChI=1S/C17H26N2O3/c1-3-22-14-8-9-15(12(2)10-14)18-17(21)19-16-7-5-4-6-13(16)11-20/h8-10,13,16,20H,3-7,11H2,1-2H3,(H2,18,19,21)/t13-,16+/m1/s1. The lowest BCUT2D eigenvalue weighted by Crippen LogP contribution is -2.45. The van der Waals surface area contributed by atoms with Gasteiger partial charge in [-0.1, -0.05) is 12.8 Å². The van der Waals surface area contributed by atoms with E-state index in [1.165, 1.54) is 0 Å². The van der Waals surface area contributed by atoms with Crippen LogP contribution in [0.25, 0.3) is 0 Å². The van der Waals surface area contributed by atoms with Crippen LogP contribution in [0, 0.1) is 12.8 Å². The molecule has 5 nitrogen and oxygen atoms in total. The van der Waals surface area contributed by atoms with Crippen LogP contribution in [-0.4, -0.2) is 30.4 Å².